The molecule has 1 aromatic rings. The second-order valence-electron chi connectivity index (χ2n) is 4.63. The van der Waals surface area contributed by atoms with Gasteiger partial charge in [-0.05, 0) is 26.3 Å². The van der Waals surface area contributed by atoms with Gasteiger partial charge in [-0.3, -0.25) is 4.79 Å². The maximum atomic E-state index is 12.1. The first-order valence-electron chi connectivity index (χ1n) is 5.67. The predicted molar refractivity (Wildman–Crippen MR) is 70.2 cm³/mol. The van der Waals surface area contributed by atoms with Crippen LogP contribution in [-0.2, 0) is 4.74 Å². The summed E-state index contributed by atoms with van der Waals surface area (Å²) in [6, 6.07) is 1.51. The van der Waals surface area contributed by atoms with E-state index in [0.717, 1.165) is 6.42 Å². The quantitative estimate of drug-likeness (QED) is 0.852. The third kappa shape index (κ3) is 2.60. The van der Waals surface area contributed by atoms with Gasteiger partial charge in [-0.25, -0.2) is 4.98 Å². The number of rotatable bonds is 2. The highest BCUT2D eigenvalue weighted by molar-refractivity contribution is 6.41. The van der Waals surface area contributed by atoms with E-state index in [1.807, 2.05) is 13.8 Å². The summed E-state index contributed by atoms with van der Waals surface area (Å²) in [7, 11) is 0. The Morgan fingerprint density at radius 2 is 2.33 bits per heavy atom. The van der Waals surface area contributed by atoms with Gasteiger partial charge in [0.05, 0.1) is 22.2 Å². The number of carbonyl (C=O) groups excluding carboxylic acids is 1. The predicted octanol–water partition coefficient (Wildman–Crippen LogP) is 2.69. The first-order valence-corrected chi connectivity index (χ1v) is 6.43. The standard InChI is InChI=1S/C12H14Cl2N2O2/c1-7-12(2,3-4-18-7)16-11(17)8-5-9(13)10(14)15-6-8/h5-7H,3-4H2,1-2H3,(H,16,17). The van der Waals surface area contributed by atoms with E-state index in [9.17, 15) is 4.79 Å². The van der Waals surface area contributed by atoms with E-state index in [1.165, 1.54) is 12.3 Å². The number of halogens is 2. The van der Waals surface area contributed by atoms with Gasteiger partial charge >= 0.3 is 0 Å². The summed E-state index contributed by atoms with van der Waals surface area (Å²) in [6.07, 6.45) is 2.18. The molecule has 0 saturated carbocycles. The molecule has 2 heterocycles. The second-order valence-corrected chi connectivity index (χ2v) is 5.40. The lowest BCUT2D eigenvalue weighted by Crippen LogP contribution is -2.50. The minimum atomic E-state index is -0.358. The number of amides is 1. The second kappa shape index (κ2) is 5.03. The molecule has 4 nitrogen and oxygen atoms in total. The van der Waals surface area contributed by atoms with Crippen molar-refractivity contribution in [1.82, 2.24) is 10.3 Å². The maximum Gasteiger partial charge on any atom is 0.253 e. The van der Waals surface area contributed by atoms with Crippen LogP contribution in [0.1, 0.15) is 30.6 Å². The molecule has 0 aliphatic carbocycles. The number of carbonyl (C=O) groups is 1. The number of nitrogens with one attached hydrogen (secondary N) is 1. The van der Waals surface area contributed by atoms with Gasteiger partial charge < -0.3 is 10.1 Å². The van der Waals surface area contributed by atoms with E-state index in [1.54, 1.807) is 0 Å². The molecule has 1 aliphatic rings. The van der Waals surface area contributed by atoms with Crippen molar-refractivity contribution < 1.29 is 9.53 Å². The van der Waals surface area contributed by atoms with E-state index in [0.29, 0.717) is 12.2 Å². The molecule has 2 unspecified atom stereocenters. The first-order chi connectivity index (χ1) is 8.42. The molecule has 1 aromatic heterocycles. The fraction of sp³-hybridized carbons (Fsp3) is 0.500. The molecule has 0 spiro atoms. The van der Waals surface area contributed by atoms with Gasteiger partial charge in [0, 0.05) is 12.8 Å². The zero-order chi connectivity index (χ0) is 13.3. The van der Waals surface area contributed by atoms with Crippen molar-refractivity contribution in [3.63, 3.8) is 0 Å². The molecule has 0 bridgehead atoms. The van der Waals surface area contributed by atoms with Crippen LogP contribution in [0.15, 0.2) is 12.3 Å². The summed E-state index contributed by atoms with van der Waals surface area (Å²) >= 11 is 11.6. The Kier molecular flexibility index (Phi) is 3.80. The summed E-state index contributed by atoms with van der Waals surface area (Å²) in [6.45, 7) is 4.56. The molecule has 1 amide bonds. The Labute approximate surface area is 116 Å². The minimum absolute atomic E-state index is 0.0165. The van der Waals surface area contributed by atoms with Crippen LogP contribution in [0.4, 0.5) is 0 Å². The average Bonchev–Trinajstić information content (AvgIpc) is 2.63. The first kappa shape index (κ1) is 13.6. The van der Waals surface area contributed by atoms with Crippen LogP contribution in [0.5, 0.6) is 0 Å². The summed E-state index contributed by atoms with van der Waals surface area (Å²) < 4.78 is 5.47. The Hall–Kier alpha value is -0.840. The molecule has 1 aliphatic heterocycles. The Balaban J connectivity index is 2.14. The highest BCUT2D eigenvalue weighted by Gasteiger charge is 2.38. The van der Waals surface area contributed by atoms with Crippen molar-refractivity contribution in [3.05, 3.63) is 28.0 Å². The fourth-order valence-electron chi connectivity index (χ4n) is 1.88. The topological polar surface area (TPSA) is 51.2 Å². The zero-order valence-corrected chi connectivity index (χ0v) is 11.7. The van der Waals surface area contributed by atoms with E-state index < -0.39 is 0 Å². The summed E-state index contributed by atoms with van der Waals surface area (Å²) in [4.78, 5) is 16.0. The molecular weight excluding hydrogens is 275 g/mol. The van der Waals surface area contributed by atoms with Crippen LogP contribution in [0.25, 0.3) is 0 Å². The molecule has 1 fully saturated rings. The van der Waals surface area contributed by atoms with Gasteiger partial charge in [0.25, 0.3) is 5.91 Å². The lowest BCUT2D eigenvalue weighted by Gasteiger charge is -2.28. The van der Waals surface area contributed by atoms with E-state index in [2.05, 4.69) is 10.3 Å². The van der Waals surface area contributed by atoms with Crippen LogP contribution >= 0.6 is 23.2 Å². The number of hydrogen-bond donors (Lipinski definition) is 1. The maximum absolute atomic E-state index is 12.1. The van der Waals surface area contributed by atoms with Gasteiger partial charge in [0.2, 0.25) is 0 Å². The Bertz CT molecular complexity index is 481. The zero-order valence-electron chi connectivity index (χ0n) is 10.2. The largest absolute Gasteiger partial charge is 0.376 e. The molecular formula is C12H14Cl2N2O2. The molecule has 98 valence electrons. The molecule has 6 heteroatoms. The van der Waals surface area contributed by atoms with Gasteiger partial charge in [0.15, 0.2) is 0 Å². The lowest BCUT2D eigenvalue weighted by atomic mass is 9.94. The third-order valence-electron chi connectivity index (χ3n) is 3.34. The fourth-order valence-corrected chi connectivity index (χ4v) is 2.15. The SMILES string of the molecule is CC1OCCC1(C)NC(=O)c1cnc(Cl)c(Cl)c1. The van der Waals surface area contributed by atoms with Crippen LogP contribution in [0.3, 0.4) is 0 Å². The van der Waals surface area contributed by atoms with Crippen molar-refractivity contribution in [3.8, 4) is 0 Å². The van der Waals surface area contributed by atoms with Gasteiger partial charge in [-0.1, -0.05) is 23.2 Å². The number of nitrogens with zero attached hydrogens (tertiary/aromatic N) is 1. The third-order valence-corrected chi connectivity index (χ3v) is 4.03. The van der Waals surface area contributed by atoms with Gasteiger partial charge in [-0.2, -0.15) is 0 Å². The Morgan fingerprint density at radius 1 is 1.61 bits per heavy atom. The average molecular weight is 289 g/mol. The molecule has 0 radical (unpaired) electrons. The monoisotopic (exact) mass is 288 g/mol. The van der Waals surface area contributed by atoms with Crippen molar-refractivity contribution in [2.45, 2.75) is 31.9 Å². The smallest absolute Gasteiger partial charge is 0.253 e. The van der Waals surface area contributed by atoms with Crippen LogP contribution in [-0.4, -0.2) is 29.1 Å². The van der Waals surface area contributed by atoms with Crippen LogP contribution in [0.2, 0.25) is 10.2 Å². The molecule has 0 aromatic carbocycles. The van der Waals surface area contributed by atoms with E-state index in [-0.39, 0.29) is 27.7 Å². The number of aromatic nitrogens is 1. The number of pyridine rings is 1. The minimum Gasteiger partial charge on any atom is -0.376 e. The summed E-state index contributed by atoms with van der Waals surface area (Å²) in [5, 5.41) is 3.42. The highest BCUT2D eigenvalue weighted by atomic mass is 35.5. The molecule has 18 heavy (non-hydrogen) atoms. The number of ether oxygens (including phenoxy) is 1. The highest BCUT2D eigenvalue weighted by Crippen LogP contribution is 2.26. The van der Waals surface area contributed by atoms with E-state index >= 15 is 0 Å². The van der Waals surface area contributed by atoms with Gasteiger partial charge in [0.1, 0.15) is 5.15 Å². The normalized spacial score (nSPS) is 27.2. The van der Waals surface area contributed by atoms with Crippen molar-refractivity contribution in [2.75, 3.05) is 6.61 Å². The molecule has 2 atom stereocenters. The molecule has 2 rings (SSSR count). The van der Waals surface area contributed by atoms with Crippen molar-refractivity contribution in [1.29, 1.82) is 0 Å². The molecule has 1 saturated heterocycles. The summed E-state index contributed by atoms with van der Waals surface area (Å²) in [5.74, 6) is -0.221. The Morgan fingerprint density at radius 3 is 2.89 bits per heavy atom. The molecule has 1 N–H and O–H groups in total. The van der Waals surface area contributed by atoms with Crippen LogP contribution < -0.4 is 5.32 Å². The number of hydrogen-bond acceptors (Lipinski definition) is 3. The van der Waals surface area contributed by atoms with Gasteiger partial charge in [-0.15, -0.1) is 0 Å². The summed E-state index contributed by atoms with van der Waals surface area (Å²) in [5.41, 5.74) is 0.0353. The van der Waals surface area contributed by atoms with Crippen molar-refractivity contribution >= 4 is 29.1 Å². The van der Waals surface area contributed by atoms with Crippen molar-refractivity contribution in [2.24, 2.45) is 0 Å². The van der Waals surface area contributed by atoms with Crippen LogP contribution in [0, 0.1) is 0 Å². The van der Waals surface area contributed by atoms with E-state index in [4.69, 9.17) is 27.9 Å². The lowest BCUT2D eigenvalue weighted by molar-refractivity contribution is 0.0727.